The summed E-state index contributed by atoms with van der Waals surface area (Å²) >= 11 is 5.91. The van der Waals surface area contributed by atoms with Crippen molar-refractivity contribution in [3.8, 4) is 11.5 Å². The molecule has 0 atom stereocenters. The highest BCUT2D eigenvalue weighted by molar-refractivity contribution is 6.32. The van der Waals surface area contributed by atoms with Crippen LogP contribution in [0.5, 0.6) is 11.5 Å². The van der Waals surface area contributed by atoms with Crippen molar-refractivity contribution in [2.24, 2.45) is 0 Å². The summed E-state index contributed by atoms with van der Waals surface area (Å²) in [5.74, 6) is 0.433. The minimum Gasteiger partial charge on any atom is -0.456 e. The van der Waals surface area contributed by atoms with E-state index in [1.807, 2.05) is 0 Å². The molecule has 0 aliphatic rings. The quantitative estimate of drug-likeness (QED) is 0.812. The number of anilines is 2. The Morgan fingerprint density at radius 3 is 2.05 bits per heavy atom. The maximum atomic E-state index is 12.4. The fourth-order valence-corrected chi connectivity index (χ4v) is 1.71. The first kappa shape index (κ1) is 14.3. The Balaban J connectivity index is 2.25. The normalized spacial score (nSPS) is 11.4. The molecule has 106 valence electrons. The Morgan fingerprint density at radius 2 is 1.50 bits per heavy atom. The van der Waals surface area contributed by atoms with Crippen LogP contribution in [-0.4, -0.2) is 0 Å². The largest absolute Gasteiger partial charge is 0.456 e. The predicted octanol–water partition coefficient (Wildman–Crippen LogP) is 4.32. The van der Waals surface area contributed by atoms with Gasteiger partial charge in [-0.2, -0.15) is 13.2 Å². The molecule has 0 unspecified atom stereocenters. The number of nitrogens with two attached hydrogens (primary N) is 2. The summed E-state index contributed by atoms with van der Waals surface area (Å²) in [6, 6.07) is 7.07. The Kier molecular flexibility index (Phi) is 3.67. The first-order chi connectivity index (χ1) is 9.27. The van der Waals surface area contributed by atoms with Crippen molar-refractivity contribution < 1.29 is 17.9 Å². The van der Waals surface area contributed by atoms with Gasteiger partial charge in [-0.05, 0) is 30.3 Å². The molecule has 0 radical (unpaired) electrons. The zero-order valence-corrected chi connectivity index (χ0v) is 10.8. The molecule has 2 aromatic carbocycles. The second-order valence-corrected chi connectivity index (χ2v) is 4.44. The standard InChI is InChI=1S/C13H10ClF3N2O/c14-9-5-10(18)11(19)6-12(9)20-8-3-1-7(2-4-8)13(15,16)17/h1-6H,18-19H2. The Bertz CT molecular complexity index is 627. The third-order valence-corrected chi connectivity index (χ3v) is 2.84. The lowest BCUT2D eigenvalue weighted by molar-refractivity contribution is -0.137. The number of benzene rings is 2. The van der Waals surface area contributed by atoms with E-state index in [1.165, 1.54) is 24.3 Å². The van der Waals surface area contributed by atoms with Gasteiger partial charge in [0.1, 0.15) is 11.5 Å². The molecule has 0 aliphatic carbocycles. The van der Waals surface area contributed by atoms with E-state index in [-0.39, 0.29) is 22.2 Å². The van der Waals surface area contributed by atoms with E-state index in [1.54, 1.807) is 0 Å². The molecular formula is C13H10ClF3N2O. The van der Waals surface area contributed by atoms with Gasteiger partial charge in [0.25, 0.3) is 0 Å². The Labute approximate surface area is 117 Å². The molecule has 0 fully saturated rings. The topological polar surface area (TPSA) is 61.3 Å². The molecule has 0 bridgehead atoms. The number of hydrogen-bond donors (Lipinski definition) is 2. The fraction of sp³-hybridized carbons (Fsp3) is 0.0769. The molecule has 0 saturated heterocycles. The van der Waals surface area contributed by atoms with Gasteiger partial charge in [0.15, 0.2) is 0 Å². The molecule has 2 aromatic rings. The zero-order chi connectivity index (χ0) is 14.9. The fourth-order valence-electron chi connectivity index (χ4n) is 1.50. The monoisotopic (exact) mass is 302 g/mol. The van der Waals surface area contributed by atoms with E-state index in [0.29, 0.717) is 5.69 Å². The average Bonchev–Trinajstić information content (AvgIpc) is 2.35. The summed E-state index contributed by atoms with van der Waals surface area (Å²) in [5.41, 5.74) is 11.0. The maximum Gasteiger partial charge on any atom is 0.416 e. The zero-order valence-electron chi connectivity index (χ0n) is 10.0. The van der Waals surface area contributed by atoms with Crippen LogP contribution in [0.25, 0.3) is 0 Å². The molecule has 20 heavy (non-hydrogen) atoms. The van der Waals surface area contributed by atoms with Crippen LogP contribution in [0, 0.1) is 0 Å². The first-order valence-corrected chi connectivity index (χ1v) is 5.85. The maximum absolute atomic E-state index is 12.4. The summed E-state index contributed by atoms with van der Waals surface area (Å²) in [4.78, 5) is 0. The van der Waals surface area contributed by atoms with Gasteiger partial charge in [0, 0.05) is 6.07 Å². The summed E-state index contributed by atoms with van der Waals surface area (Å²) < 4.78 is 42.6. The van der Waals surface area contributed by atoms with Gasteiger partial charge in [-0.3, -0.25) is 0 Å². The molecule has 2 rings (SSSR count). The van der Waals surface area contributed by atoms with Gasteiger partial charge in [0.05, 0.1) is 22.0 Å². The van der Waals surface area contributed by atoms with Crippen molar-refractivity contribution in [2.45, 2.75) is 6.18 Å². The predicted molar refractivity (Wildman–Crippen MR) is 71.8 cm³/mol. The van der Waals surface area contributed by atoms with Crippen molar-refractivity contribution in [2.75, 3.05) is 11.5 Å². The van der Waals surface area contributed by atoms with Gasteiger partial charge in [0.2, 0.25) is 0 Å². The number of hydrogen-bond acceptors (Lipinski definition) is 3. The average molecular weight is 303 g/mol. The van der Waals surface area contributed by atoms with E-state index in [9.17, 15) is 13.2 Å². The minimum atomic E-state index is -4.39. The summed E-state index contributed by atoms with van der Waals surface area (Å²) in [6.45, 7) is 0. The third-order valence-electron chi connectivity index (χ3n) is 2.55. The lowest BCUT2D eigenvalue weighted by atomic mass is 10.2. The van der Waals surface area contributed by atoms with E-state index in [0.717, 1.165) is 12.1 Å². The number of alkyl halides is 3. The Hall–Kier alpha value is -2.08. The van der Waals surface area contributed by atoms with Gasteiger partial charge in [-0.15, -0.1) is 0 Å². The van der Waals surface area contributed by atoms with Crippen molar-refractivity contribution in [3.05, 3.63) is 47.0 Å². The van der Waals surface area contributed by atoms with Crippen LogP contribution >= 0.6 is 11.6 Å². The smallest absolute Gasteiger partial charge is 0.416 e. The van der Waals surface area contributed by atoms with Crippen LogP contribution in [0.1, 0.15) is 5.56 Å². The van der Waals surface area contributed by atoms with Crippen LogP contribution < -0.4 is 16.2 Å². The number of halogens is 4. The number of nitrogen functional groups attached to an aromatic ring is 2. The van der Waals surface area contributed by atoms with Crippen LogP contribution in [0.3, 0.4) is 0 Å². The summed E-state index contributed by atoms with van der Waals surface area (Å²) in [6.07, 6.45) is -4.39. The van der Waals surface area contributed by atoms with Crippen molar-refractivity contribution >= 4 is 23.0 Å². The van der Waals surface area contributed by atoms with Crippen LogP contribution in [-0.2, 0) is 6.18 Å². The second kappa shape index (κ2) is 5.13. The first-order valence-electron chi connectivity index (χ1n) is 5.47. The highest BCUT2D eigenvalue weighted by atomic mass is 35.5. The highest BCUT2D eigenvalue weighted by Gasteiger charge is 2.30. The summed E-state index contributed by atoms with van der Waals surface area (Å²) in [5, 5.41) is 0.219. The van der Waals surface area contributed by atoms with E-state index in [2.05, 4.69) is 0 Å². The van der Waals surface area contributed by atoms with E-state index < -0.39 is 11.7 Å². The van der Waals surface area contributed by atoms with Gasteiger partial charge in [-0.1, -0.05) is 11.6 Å². The molecule has 4 N–H and O–H groups in total. The number of rotatable bonds is 2. The molecule has 0 amide bonds. The summed E-state index contributed by atoms with van der Waals surface area (Å²) in [7, 11) is 0. The third kappa shape index (κ3) is 3.08. The number of ether oxygens (including phenoxy) is 1. The molecule has 0 aromatic heterocycles. The van der Waals surface area contributed by atoms with Crippen LogP contribution in [0.2, 0.25) is 5.02 Å². The molecule has 3 nitrogen and oxygen atoms in total. The van der Waals surface area contributed by atoms with Crippen molar-refractivity contribution in [1.29, 1.82) is 0 Å². The SMILES string of the molecule is Nc1cc(Cl)c(Oc2ccc(C(F)(F)F)cc2)cc1N. The highest BCUT2D eigenvalue weighted by Crippen LogP contribution is 2.35. The molecule has 7 heteroatoms. The van der Waals surface area contributed by atoms with Crippen LogP contribution in [0.15, 0.2) is 36.4 Å². The van der Waals surface area contributed by atoms with Crippen molar-refractivity contribution in [1.82, 2.24) is 0 Å². The van der Waals surface area contributed by atoms with Gasteiger partial charge < -0.3 is 16.2 Å². The van der Waals surface area contributed by atoms with E-state index >= 15 is 0 Å². The molecule has 0 spiro atoms. The van der Waals surface area contributed by atoms with E-state index in [4.69, 9.17) is 27.8 Å². The van der Waals surface area contributed by atoms with Gasteiger partial charge in [-0.25, -0.2) is 0 Å². The molecular weight excluding hydrogens is 293 g/mol. The Morgan fingerprint density at radius 1 is 0.950 bits per heavy atom. The van der Waals surface area contributed by atoms with Gasteiger partial charge >= 0.3 is 6.18 Å². The van der Waals surface area contributed by atoms with Crippen LogP contribution in [0.4, 0.5) is 24.5 Å². The second-order valence-electron chi connectivity index (χ2n) is 4.04. The van der Waals surface area contributed by atoms with Crippen molar-refractivity contribution in [3.63, 3.8) is 0 Å². The lowest BCUT2D eigenvalue weighted by Gasteiger charge is -2.11. The molecule has 0 aliphatic heterocycles. The minimum absolute atomic E-state index is 0.212. The molecule has 0 heterocycles. The lowest BCUT2D eigenvalue weighted by Crippen LogP contribution is -2.04. The molecule has 0 saturated carbocycles.